The first-order valence-corrected chi connectivity index (χ1v) is 7.53. The van der Waals surface area contributed by atoms with Crippen LogP contribution >= 0.6 is 0 Å². The zero-order valence-corrected chi connectivity index (χ0v) is 12.1. The van der Waals surface area contributed by atoms with Crippen LogP contribution in [-0.2, 0) is 6.54 Å². The van der Waals surface area contributed by atoms with Gasteiger partial charge in [-0.15, -0.1) is 0 Å². The molecule has 1 aromatic rings. The fourth-order valence-corrected chi connectivity index (χ4v) is 2.58. The first kappa shape index (κ1) is 13.6. The number of nitrogens with one attached hydrogen (secondary N) is 1. The second-order valence-corrected chi connectivity index (χ2v) is 6.01. The predicted octanol–water partition coefficient (Wildman–Crippen LogP) is 4.48. The minimum Gasteiger partial charge on any atom is -0.310 e. The molecule has 2 rings (SSSR count). The van der Waals surface area contributed by atoms with Gasteiger partial charge in [0.1, 0.15) is 0 Å². The summed E-state index contributed by atoms with van der Waals surface area (Å²) in [5.74, 6) is 1.59. The average Bonchev–Trinajstić information content (AvgIpc) is 3.19. The van der Waals surface area contributed by atoms with Crippen LogP contribution in [-0.4, -0.2) is 6.04 Å². The van der Waals surface area contributed by atoms with Gasteiger partial charge in [0.2, 0.25) is 0 Å². The molecule has 0 aromatic heterocycles. The van der Waals surface area contributed by atoms with Gasteiger partial charge in [-0.1, -0.05) is 51.5 Å². The Labute approximate surface area is 112 Å². The van der Waals surface area contributed by atoms with Crippen LogP contribution in [0.15, 0.2) is 24.3 Å². The minimum absolute atomic E-state index is 0.631. The van der Waals surface area contributed by atoms with Crippen LogP contribution in [0.5, 0.6) is 0 Å². The summed E-state index contributed by atoms with van der Waals surface area (Å²) in [6.45, 7) is 7.81. The molecule has 1 aromatic carbocycles. The Morgan fingerprint density at radius 1 is 1.17 bits per heavy atom. The molecule has 0 radical (unpaired) electrons. The number of benzene rings is 1. The van der Waals surface area contributed by atoms with Gasteiger partial charge in [0.15, 0.2) is 0 Å². The third-order valence-electron chi connectivity index (χ3n) is 4.01. The highest BCUT2D eigenvalue weighted by Crippen LogP contribution is 2.34. The van der Waals surface area contributed by atoms with Crippen molar-refractivity contribution in [3.63, 3.8) is 0 Å². The van der Waals surface area contributed by atoms with E-state index >= 15 is 0 Å². The van der Waals surface area contributed by atoms with Gasteiger partial charge < -0.3 is 5.32 Å². The van der Waals surface area contributed by atoms with Crippen molar-refractivity contribution in [1.82, 2.24) is 5.32 Å². The van der Waals surface area contributed by atoms with Crippen LogP contribution in [0.2, 0.25) is 0 Å². The summed E-state index contributed by atoms with van der Waals surface area (Å²) in [6.07, 6.45) is 5.49. The van der Waals surface area contributed by atoms with Gasteiger partial charge in [-0.25, -0.2) is 0 Å². The molecule has 0 aliphatic heterocycles. The largest absolute Gasteiger partial charge is 0.310 e. The standard InChI is InChI=1S/C17H27N/c1-4-5-17(16-10-11-16)18-12-14-6-8-15(9-7-14)13(2)3/h6-9,13,16-18H,4-5,10-12H2,1-3H3. The van der Waals surface area contributed by atoms with Gasteiger partial charge in [0, 0.05) is 12.6 Å². The topological polar surface area (TPSA) is 12.0 Å². The van der Waals surface area contributed by atoms with Gasteiger partial charge in [-0.05, 0) is 42.2 Å². The smallest absolute Gasteiger partial charge is 0.0208 e. The van der Waals surface area contributed by atoms with Crippen molar-refractivity contribution in [3.8, 4) is 0 Å². The van der Waals surface area contributed by atoms with E-state index in [1.54, 1.807) is 0 Å². The molecule has 1 atom stereocenters. The maximum absolute atomic E-state index is 3.75. The van der Waals surface area contributed by atoms with Crippen molar-refractivity contribution in [1.29, 1.82) is 0 Å². The van der Waals surface area contributed by atoms with Crippen molar-refractivity contribution in [2.24, 2.45) is 5.92 Å². The fraction of sp³-hybridized carbons (Fsp3) is 0.647. The molecule has 0 saturated heterocycles. The lowest BCUT2D eigenvalue weighted by molar-refractivity contribution is 0.430. The third-order valence-corrected chi connectivity index (χ3v) is 4.01. The fourth-order valence-electron chi connectivity index (χ4n) is 2.58. The molecule has 1 unspecified atom stereocenters. The summed E-state index contributed by atoms with van der Waals surface area (Å²) in [7, 11) is 0. The van der Waals surface area contributed by atoms with E-state index in [0.29, 0.717) is 5.92 Å². The first-order valence-electron chi connectivity index (χ1n) is 7.53. The molecule has 0 heterocycles. The second-order valence-electron chi connectivity index (χ2n) is 6.01. The highest BCUT2D eigenvalue weighted by atomic mass is 14.9. The van der Waals surface area contributed by atoms with Gasteiger partial charge in [-0.3, -0.25) is 0 Å². The van der Waals surface area contributed by atoms with Crippen molar-refractivity contribution >= 4 is 0 Å². The van der Waals surface area contributed by atoms with Gasteiger partial charge in [-0.2, -0.15) is 0 Å². The molecule has 1 saturated carbocycles. The Morgan fingerprint density at radius 3 is 2.33 bits per heavy atom. The van der Waals surface area contributed by atoms with E-state index in [1.807, 2.05) is 0 Å². The Bertz CT molecular complexity index is 348. The lowest BCUT2D eigenvalue weighted by atomic mass is 10.0. The van der Waals surface area contributed by atoms with Crippen molar-refractivity contribution in [2.45, 2.75) is 65.0 Å². The van der Waals surface area contributed by atoms with Gasteiger partial charge in [0.25, 0.3) is 0 Å². The molecule has 0 amide bonds. The van der Waals surface area contributed by atoms with E-state index in [2.05, 4.69) is 50.4 Å². The molecular weight excluding hydrogens is 218 g/mol. The zero-order chi connectivity index (χ0) is 13.0. The molecular formula is C17H27N. The quantitative estimate of drug-likeness (QED) is 0.747. The summed E-state index contributed by atoms with van der Waals surface area (Å²) in [5, 5.41) is 3.75. The summed E-state index contributed by atoms with van der Waals surface area (Å²) in [6, 6.07) is 9.84. The minimum atomic E-state index is 0.631. The van der Waals surface area contributed by atoms with E-state index in [9.17, 15) is 0 Å². The maximum Gasteiger partial charge on any atom is 0.0208 e. The Balaban J connectivity index is 1.84. The molecule has 0 spiro atoms. The molecule has 1 heteroatoms. The maximum atomic E-state index is 3.75. The normalized spacial score (nSPS) is 17.1. The summed E-state index contributed by atoms with van der Waals surface area (Å²) in [5.41, 5.74) is 2.85. The zero-order valence-electron chi connectivity index (χ0n) is 12.1. The molecule has 1 nitrogen and oxygen atoms in total. The Kier molecular flexibility index (Phi) is 4.82. The van der Waals surface area contributed by atoms with Gasteiger partial charge in [0.05, 0.1) is 0 Å². The first-order chi connectivity index (χ1) is 8.70. The van der Waals surface area contributed by atoms with Gasteiger partial charge >= 0.3 is 0 Å². The molecule has 1 aliphatic carbocycles. The van der Waals surface area contributed by atoms with Crippen molar-refractivity contribution in [2.75, 3.05) is 0 Å². The van der Waals surface area contributed by atoms with E-state index in [1.165, 1.54) is 36.8 Å². The predicted molar refractivity (Wildman–Crippen MR) is 78.8 cm³/mol. The van der Waals surface area contributed by atoms with Crippen LogP contribution in [0, 0.1) is 5.92 Å². The van der Waals surface area contributed by atoms with Crippen LogP contribution in [0.3, 0.4) is 0 Å². The van der Waals surface area contributed by atoms with Crippen LogP contribution in [0.1, 0.15) is 63.5 Å². The lowest BCUT2D eigenvalue weighted by Gasteiger charge is -2.17. The summed E-state index contributed by atoms with van der Waals surface area (Å²) in [4.78, 5) is 0. The molecule has 100 valence electrons. The van der Waals surface area contributed by atoms with Crippen molar-refractivity contribution in [3.05, 3.63) is 35.4 Å². The number of rotatable bonds is 7. The summed E-state index contributed by atoms with van der Waals surface area (Å²) >= 11 is 0. The van der Waals surface area contributed by atoms with Crippen LogP contribution in [0.4, 0.5) is 0 Å². The van der Waals surface area contributed by atoms with Crippen molar-refractivity contribution < 1.29 is 0 Å². The lowest BCUT2D eigenvalue weighted by Crippen LogP contribution is -2.30. The summed E-state index contributed by atoms with van der Waals surface area (Å²) < 4.78 is 0. The van der Waals surface area contributed by atoms with Crippen LogP contribution < -0.4 is 5.32 Å². The third kappa shape index (κ3) is 3.84. The SMILES string of the molecule is CCCC(NCc1ccc(C(C)C)cc1)C1CC1. The Hall–Kier alpha value is -0.820. The molecule has 0 bridgehead atoms. The molecule has 1 aliphatic rings. The van der Waals surface area contributed by atoms with E-state index in [0.717, 1.165) is 18.5 Å². The molecule has 18 heavy (non-hydrogen) atoms. The van der Waals surface area contributed by atoms with E-state index in [-0.39, 0.29) is 0 Å². The number of hydrogen-bond donors (Lipinski definition) is 1. The monoisotopic (exact) mass is 245 g/mol. The number of hydrogen-bond acceptors (Lipinski definition) is 1. The van der Waals surface area contributed by atoms with E-state index in [4.69, 9.17) is 0 Å². The molecule has 1 N–H and O–H groups in total. The van der Waals surface area contributed by atoms with Crippen LogP contribution in [0.25, 0.3) is 0 Å². The molecule has 1 fully saturated rings. The average molecular weight is 245 g/mol. The highest BCUT2D eigenvalue weighted by molar-refractivity contribution is 5.24. The highest BCUT2D eigenvalue weighted by Gasteiger charge is 2.29. The van der Waals surface area contributed by atoms with E-state index < -0.39 is 0 Å². The Morgan fingerprint density at radius 2 is 1.83 bits per heavy atom. The second kappa shape index (κ2) is 6.38.